The molecule has 1 heterocycles. The van der Waals surface area contributed by atoms with Gasteiger partial charge in [-0.1, -0.05) is 49.7 Å². The van der Waals surface area contributed by atoms with E-state index in [-0.39, 0.29) is 0 Å². The zero-order valence-corrected chi connectivity index (χ0v) is 12.3. The van der Waals surface area contributed by atoms with Crippen molar-refractivity contribution >= 4 is 11.6 Å². The number of benzene rings is 1. The number of hydrogen-bond donors (Lipinski definition) is 0. The predicted molar refractivity (Wildman–Crippen MR) is 79.4 cm³/mol. The van der Waals surface area contributed by atoms with Gasteiger partial charge in [0.1, 0.15) is 5.15 Å². The van der Waals surface area contributed by atoms with E-state index in [0.717, 1.165) is 26.2 Å². The van der Waals surface area contributed by atoms with Gasteiger partial charge in [0.05, 0.1) is 6.33 Å². The minimum absolute atomic E-state index is 0.541. The fraction of sp³-hybridized carbons (Fsp3) is 0.400. The minimum atomic E-state index is 0.541. The van der Waals surface area contributed by atoms with Crippen molar-refractivity contribution in [1.29, 1.82) is 0 Å². The molecule has 3 nitrogen and oxygen atoms in total. The third kappa shape index (κ3) is 4.08. The minimum Gasteiger partial charge on any atom is -0.331 e. The van der Waals surface area contributed by atoms with Gasteiger partial charge in [-0.05, 0) is 24.2 Å². The van der Waals surface area contributed by atoms with E-state index in [1.54, 1.807) is 6.33 Å². The maximum absolute atomic E-state index is 5.83. The van der Waals surface area contributed by atoms with E-state index in [9.17, 15) is 0 Å². The average molecular weight is 278 g/mol. The number of hydrogen-bond acceptors (Lipinski definition) is 2. The fourth-order valence-corrected chi connectivity index (χ4v) is 2.33. The summed E-state index contributed by atoms with van der Waals surface area (Å²) in [6.45, 7) is 8.37. The molecule has 0 aliphatic carbocycles. The summed E-state index contributed by atoms with van der Waals surface area (Å²) in [6, 6.07) is 8.70. The van der Waals surface area contributed by atoms with Crippen LogP contribution in [0.3, 0.4) is 0 Å². The van der Waals surface area contributed by atoms with Crippen molar-refractivity contribution in [2.45, 2.75) is 26.9 Å². The first kappa shape index (κ1) is 14.1. The van der Waals surface area contributed by atoms with E-state index >= 15 is 0 Å². The lowest BCUT2D eigenvalue weighted by atomic mass is 10.1. The van der Waals surface area contributed by atoms with E-state index in [1.165, 1.54) is 11.1 Å². The third-order valence-corrected chi connectivity index (χ3v) is 3.45. The van der Waals surface area contributed by atoms with Crippen molar-refractivity contribution in [3.63, 3.8) is 0 Å². The second-order valence-electron chi connectivity index (χ2n) is 4.65. The number of imidazole rings is 1. The van der Waals surface area contributed by atoms with Gasteiger partial charge < -0.3 is 4.57 Å². The largest absolute Gasteiger partial charge is 0.331 e. The molecular weight excluding hydrogens is 258 g/mol. The lowest BCUT2D eigenvalue weighted by Crippen LogP contribution is -2.22. The molecule has 0 spiro atoms. The third-order valence-electron chi connectivity index (χ3n) is 3.26. The smallest absolute Gasteiger partial charge is 0.146 e. The Balaban J connectivity index is 2.06. The number of halogens is 1. The van der Waals surface area contributed by atoms with Gasteiger partial charge in [0.15, 0.2) is 0 Å². The van der Waals surface area contributed by atoms with Crippen LogP contribution < -0.4 is 0 Å². The molecule has 102 valence electrons. The summed E-state index contributed by atoms with van der Waals surface area (Å²) in [5, 5.41) is 0.541. The number of nitrogens with zero attached hydrogens (tertiary/aromatic N) is 3. The van der Waals surface area contributed by atoms with Crippen molar-refractivity contribution in [1.82, 2.24) is 14.5 Å². The average Bonchev–Trinajstić information content (AvgIpc) is 2.82. The fourth-order valence-electron chi connectivity index (χ4n) is 2.16. The molecule has 0 saturated heterocycles. The highest BCUT2D eigenvalue weighted by atomic mass is 35.5. The molecule has 0 fully saturated rings. The Bertz CT molecular complexity index is 518. The van der Waals surface area contributed by atoms with Gasteiger partial charge in [0, 0.05) is 19.3 Å². The molecular formula is C15H20ClN3. The molecule has 2 rings (SSSR count). The SMILES string of the molecule is CCN(CC)Cc1cccc(Cn2cnc(Cl)c2)c1. The van der Waals surface area contributed by atoms with Gasteiger partial charge in [-0.15, -0.1) is 0 Å². The first-order chi connectivity index (χ1) is 9.21. The van der Waals surface area contributed by atoms with Crippen LogP contribution in [0.15, 0.2) is 36.8 Å². The predicted octanol–water partition coefficient (Wildman–Crippen LogP) is 3.43. The highest BCUT2D eigenvalue weighted by Crippen LogP contribution is 2.11. The van der Waals surface area contributed by atoms with Gasteiger partial charge >= 0.3 is 0 Å². The van der Waals surface area contributed by atoms with E-state index < -0.39 is 0 Å². The zero-order valence-electron chi connectivity index (χ0n) is 11.5. The van der Waals surface area contributed by atoms with Gasteiger partial charge in [-0.25, -0.2) is 4.98 Å². The number of rotatable bonds is 6. The molecule has 0 N–H and O–H groups in total. The van der Waals surface area contributed by atoms with E-state index in [1.807, 2.05) is 10.8 Å². The summed E-state index contributed by atoms with van der Waals surface area (Å²) in [6.07, 6.45) is 3.61. The topological polar surface area (TPSA) is 21.1 Å². The monoisotopic (exact) mass is 277 g/mol. The van der Waals surface area contributed by atoms with Crippen molar-refractivity contribution in [3.05, 3.63) is 53.1 Å². The summed E-state index contributed by atoms with van der Waals surface area (Å²) in [7, 11) is 0. The first-order valence-corrected chi connectivity index (χ1v) is 7.06. The molecule has 0 saturated carbocycles. The maximum Gasteiger partial charge on any atom is 0.146 e. The second-order valence-corrected chi connectivity index (χ2v) is 5.04. The molecule has 0 aliphatic heterocycles. The quantitative estimate of drug-likeness (QED) is 0.807. The van der Waals surface area contributed by atoms with Crippen molar-refractivity contribution in [3.8, 4) is 0 Å². The van der Waals surface area contributed by atoms with Crippen molar-refractivity contribution < 1.29 is 0 Å². The molecule has 1 aromatic heterocycles. The van der Waals surface area contributed by atoms with Crippen LogP contribution in [0.5, 0.6) is 0 Å². The highest BCUT2D eigenvalue weighted by Gasteiger charge is 2.03. The van der Waals surface area contributed by atoms with E-state index in [0.29, 0.717) is 5.15 Å². The lowest BCUT2D eigenvalue weighted by Gasteiger charge is -2.18. The molecule has 0 radical (unpaired) electrons. The van der Waals surface area contributed by atoms with Crippen LogP contribution in [0, 0.1) is 0 Å². The molecule has 4 heteroatoms. The first-order valence-electron chi connectivity index (χ1n) is 6.68. The Hall–Kier alpha value is -1.32. The van der Waals surface area contributed by atoms with Gasteiger partial charge in [0.2, 0.25) is 0 Å². The van der Waals surface area contributed by atoms with Gasteiger partial charge in [-0.3, -0.25) is 4.90 Å². The van der Waals surface area contributed by atoms with Gasteiger partial charge in [-0.2, -0.15) is 0 Å². The van der Waals surface area contributed by atoms with E-state index in [2.05, 4.69) is 48.0 Å². The molecule has 2 aromatic rings. The summed E-state index contributed by atoms with van der Waals surface area (Å²) >= 11 is 5.83. The normalized spacial score (nSPS) is 11.2. The molecule has 0 unspecified atom stereocenters. The van der Waals surface area contributed by atoms with Crippen LogP contribution in [-0.4, -0.2) is 27.5 Å². The Morgan fingerprint density at radius 3 is 2.58 bits per heavy atom. The summed E-state index contributed by atoms with van der Waals surface area (Å²) in [5.41, 5.74) is 2.63. The highest BCUT2D eigenvalue weighted by molar-refractivity contribution is 6.29. The van der Waals surface area contributed by atoms with Crippen LogP contribution in [0.25, 0.3) is 0 Å². The summed E-state index contributed by atoms with van der Waals surface area (Å²) < 4.78 is 2.00. The lowest BCUT2D eigenvalue weighted by molar-refractivity contribution is 0.296. The molecule has 1 aromatic carbocycles. The zero-order chi connectivity index (χ0) is 13.7. The molecule has 0 atom stereocenters. The van der Waals surface area contributed by atoms with Crippen molar-refractivity contribution in [2.75, 3.05) is 13.1 Å². The van der Waals surface area contributed by atoms with Crippen molar-refractivity contribution in [2.24, 2.45) is 0 Å². The van der Waals surface area contributed by atoms with Crippen LogP contribution >= 0.6 is 11.6 Å². The number of aromatic nitrogens is 2. The molecule has 0 bridgehead atoms. The van der Waals surface area contributed by atoms with Crippen LogP contribution in [-0.2, 0) is 13.1 Å². The van der Waals surface area contributed by atoms with Crippen LogP contribution in [0.2, 0.25) is 5.15 Å². The Labute approximate surface area is 119 Å². The van der Waals surface area contributed by atoms with Crippen LogP contribution in [0.4, 0.5) is 0 Å². The summed E-state index contributed by atoms with van der Waals surface area (Å²) in [5.74, 6) is 0. The van der Waals surface area contributed by atoms with Crippen LogP contribution in [0.1, 0.15) is 25.0 Å². The maximum atomic E-state index is 5.83. The summed E-state index contributed by atoms with van der Waals surface area (Å²) in [4.78, 5) is 6.44. The van der Waals surface area contributed by atoms with Gasteiger partial charge in [0.25, 0.3) is 0 Å². The Morgan fingerprint density at radius 1 is 1.21 bits per heavy atom. The molecule has 19 heavy (non-hydrogen) atoms. The Kier molecular flexibility index (Phi) is 5.00. The van der Waals surface area contributed by atoms with E-state index in [4.69, 9.17) is 11.6 Å². The molecule has 0 aliphatic rings. The molecule has 0 amide bonds. The standard InChI is InChI=1S/C15H20ClN3/c1-3-18(4-2)9-13-6-5-7-14(8-13)10-19-11-15(16)17-12-19/h5-8,11-12H,3-4,9-10H2,1-2H3. The second kappa shape index (κ2) is 6.73. The Morgan fingerprint density at radius 2 is 1.95 bits per heavy atom.